The van der Waals surface area contributed by atoms with Gasteiger partial charge in [0, 0.05) is 19.8 Å². The number of carbonyl (C=O) groups is 1. The molecule has 120 valence electrons. The molecule has 0 radical (unpaired) electrons. The Hall–Kier alpha value is -1.13. The molecule has 1 rings (SSSR count). The van der Waals surface area contributed by atoms with Crippen LogP contribution in [0.2, 0.25) is 0 Å². The minimum absolute atomic E-state index is 0.185. The molecule has 0 amide bonds. The first-order chi connectivity index (χ1) is 9.82. The fourth-order valence-electron chi connectivity index (χ4n) is 2.26. The highest BCUT2D eigenvalue weighted by atomic mass is 16.7. The highest BCUT2D eigenvalue weighted by Crippen LogP contribution is 2.25. The molecule has 0 spiro atoms. The predicted octanol–water partition coefficient (Wildman–Crippen LogP) is 3.76. The smallest absolute Gasteiger partial charge is 0.303 e. The van der Waals surface area contributed by atoms with E-state index in [4.69, 9.17) is 14.2 Å². The summed E-state index contributed by atoms with van der Waals surface area (Å²) < 4.78 is 16.6. The van der Waals surface area contributed by atoms with Crippen LogP contribution < -0.4 is 0 Å². The largest absolute Gasteiger partial charge is 0.458 e. The van der Waals surface area contributed by atoms with E-state index >= 15 is 0 Å². The Kier molecular flexibility index (Phi) is 7.12. The molecule has 0 aromatic heterocycles. The van der Waals surface area contributed by atoms with E-state index in [9.17, 15) is 4.79 Å². The number of ether oxygens (including phenoxy) is 3. The van der Waals surface area contributed by atoms with Gasteiger partial charge in [0.2, 0.25) is 0 Å². The number of rotatable bonds is 7. The van der Waals surface area contributed by atoms with Crippen LogP contribution in [-0.2, 0) is 19.0 Å². The summed E-state index contributed by atoms with van der Waals surface area (Å²) in [6, 6.07) is 0. The van der Waals surface area contributed by atoms with Crippen LogP contribution in [0.15, 0.2) is 23.3 Å². The summed E-state index contributed by atoms with van der Waals surface area (Å²) >= 11 is 0. The molecular weight excluding hydrogens is 268 g/mol. The van der Waals surface area contributed by atoms with Crippen molar-refractivity contribution < 1.29 is 19.0 Å². The Morgan fingerprint density at radius 1 is 1.19 bits per heavy atom. The highest BCUT2D eigenvalue weighted by molar-refractivity contribution is 5.66. The Morgan fingerprint density at radius 2 is 1.81 bits per heavy atom. The van der Waals surface area contributed by atoms with Gasteiger partial charge < -0.3 is 14.2 Å². The summed E-state index contributed by atoms with van der Waals surface area (Å²) in [5, 5.41) is 0. The standard InChI is InChI=1S/C17H28O4/c1-13(2)8-9-16(21-15(4)18)14(3)7-6-10-17(5)19-11-12-20-17/h7-8,16H,6,9-12H2,1-5H3/b14-7+. The van der Waals surface area contributed by atoms with Crippen molar-refractivity contribution in [2.75, 3.05) is 13.2 Å². The third-order valence-corrected chi connectivity index (χ3v) is 3.52. The minimum Gasteiger partial charge on any atom is -0.458 e. The number of esters is 1. The molecule has 1 heterocycles. The average Bonchev–Trinajstić information content (AvgIpc) is 2.80. The summed E-state index contributed by atoms with van der Waals surface area (Å²) in [6.45, 7) is 10.8. The van der Waals surface area contributed by atoms with Gasteiger partial charge in [-0.05, 0) is 39.7 Å². The van der Waals surface area contributed by atoms with Crippen LogP contribution in [-0.4, -0.2) is 31.1 Å². The van der Waals surface area contributed by atoms with Crippen LogP contribution in [0.5, 0.6) is 0 Å². The van der Waals surface area contributed by atoms with Crippen LogP contribution in [0.3, 0.4) is 0 Å². The lowest BCUT2D eigenvalue weighted by molar-refractivity contribution is -0.146. The second kappa shape index (κ2) is 8.35. The first-order valence-corrected chi connectivity index (χ1v) is 7.57. The van der Waals surface area contributed by atoms with Crippen molar-refractivity contribution in [1.82, 2.24) is 0 Å². The molecule has 0 aromatic carbocycles. The molecule has 1 fully saturated rings. The van der Waals surface area contributed by atoms with E-state index in [1.807, 2.05) is 27.7 Å². The molecule has 21 heavy (non-hydrogen) atoms. The van der Waals surface area contributed by atoms with Crippen molar-refractivity contribution in [1.29, 1.82) is 0 Å². The SMILES string of the molecule is CC(=O)OC(CC=C(C)C)/C(C)=C/CCC1(C)OCCO1. The van der Waals surface area contributed by atoms with E-state index in [-0.39, 0.29) is 12.1 Å². The second-order valence-electron chi connectivity index (χ2n) is 5.93. The molecule has 1 atom stereocenters. The quantitative estimate of drug-likeness (QED) is 0.530. The van der Waals surface area contributed by atoms with E-state index in [1.54, 1.807) is 0 Å². The lowest BCUT2D eigenvalue weighted by Gasteiger charge is -2.22. The predicted molar refractivity (Wildman–Crippen MR) is 82.9 cm³/mol. The first kappa shape index (κ1) is 17.9. The normalized spacial score (nSPS) is 19.2. The Bertz CT molecular complexity index is 399. The summed E-state index contributed by atoms with van der Waals surface area (Å²) in [7, 11) is 0. The minimum atomic E-state index is -0.465. The zero-order valence-corrected chi connectivity index (χ0v) is 13.9. The number of carbonyl (C=O) groups excluding carboxylic acids is 1. The fourth-order valence-corrected chi connectivity index (χ4v) is 2.26. The maximum absolute atomic E-state index is 11.2. The van der Waals surface area contributed by atoms with E-state index in [0.29, 0.717) is 19.6 Å². The third-order valence-electron chi connectivity index (χ3n) is 3.52. The van der Waals surface area contributed by atoms with Gasteiger partial charge in [0.1, 0.15) is 6.10 Å². The van der Waals surface area contributed by atoms with E-state index < -0.39 is 5.79 Å². The molecule has 0 N–H and O–H groups in total. The van der Waals surface area contributed by atoms with Gasteiger partial charge in [-0.15, -0.1) is 0 Å². The molecule has 4 heteroatoms. The van der Waals surface area contributed by atoms with Gasteiger partial charge in [0.15, 0.2) is 5.79 Å². The van der Waals surface area contributed by atoms with Crippen molar-refractivity contribution in [3.63, 3.8) is 0 Å². The van der Waals surface area contributed by atoms with Crippen LogP contribution >= 0.6 is 0 Å². The molecule has 1 aliphatic rings. The molecule has 0 aromatic rings. The fraction of sp³-hybridized carbons (Fsp3) is 0.706. The van der Waals surface area contributed by atoms with Crippen molar-refractivity contribution >= 4 is 5.97 Å². The maximum Gasteiger partial charge on any atom is 0.303 e. The first-order valence-electron chi connectivity index (χ1n) is 7.57. The van der Waals surface area contributed by atoms with Crippen LogP contribution in [0.4, 0.5) is 0 Å². The molecule has 1 aliphatic heterocycles. The zero-order valence-electron chi connectivity index (χ0n) is 13.9. The molecular formula is C17H28O4. The van der Waals surface area contributed by atoms with E-state index in [0.717, 1.165) is 18.4 Å². The molecule has 0 bridgehead atoms. The van der Waals surface area contributed by atoms with Gasteiger partial charge in [-0.2, -0.15) is 0 Å². The van der Waals surface area contributed by atoms with E-state index in [1.165, 1.54) is 12.5 Å². The third kappa shape index (κ3) is 6.91. The summed E-state index contributed by atoms with van der Waals surface area (Å²) in [6.07, 6.45) is 6.39. The molecule has 4 nitrogen and oxygen atoms in total. The second-order valence-corrected chi connectivity index (χ2v) is 5.93. The van der Waals surface area contributed by atoms with Gasteiger partial charge in [0.25, 0.3) is 0 Å². The molecule has 0 saturated carbocycles. The van der Waals surface area contributed by atoms with Crippen molar-refractivity contribution in [3.05, 3.63) is 23.3 Å². The zero-order chi connectivity index (χ0) is 15.9. The van der Waals surface area contributed by atoms with Crippen LogP contribution in [0, 0.1) is 0 Å². The molecule has 1 unspecified atom stereocenters. The highest BCUT2D eigenvalue weighted by Gasteiger charge is 2.29. The Labute approximate surface area is 128 Å². The lowest BCUT2D eigenvalue weighted by Crippen LogP contribution is -2.25. The van der Waals surface area contributed by atoms with Crippen LogP contribution in [0.1, 0.15) is 53.9 Å². The summed E-state index contributed by atoms with van der Waals surface area (Å²) in [5.41, 5.74) is 2.30. The number of hydrogen-bond acceptors (Lipinski definition) is 4. The lowest BCUT2D eigenvalue weighted by atomic mass is 10.0. The number of hydrogen-bond donors (Lipinski definition) is 0. The van der Waals surface area contributed by atoms with Crippen molar-refractivity contribution in [2.24, 2.45) is 0 Å². The average molecular weight is 296 g/mol. The van der Waals surface area contributed by atoms with Gasteiger partial charge in [-0.25, -0.2) is 0 Å². The van der Waals surface area contributed by atoms with Crippen LogP contribution in [0.25, 0.3) is 0 Å². The number of allylic oxidation sites excluding steroid dienone is 2. The van der Waals surface area contributed by atoms with Gasteiger partial charge in [-0.3, -0.25) is 4.79 Å². The molecule has 1 saturated heterocycles. The van der Waals surface area contributed by atoms with Crippen molar-refractivity contribution in [2.45, 2.75) is 65.8 Å². The maximum atomic E-state index is 11.2. The molecule has 0 aliphatic carbocycles. The van der Waals surface area contributed by atoms with Gasteiger partial charge in [0.05, 0.1) is 13.2 Å². The topological polar surface area (TPSA) is 44.8 Å². The van der Waals surface area contributed by atoms with Gasteiger partial charge >= 0.3 is 5.97 Å². The monoisotopic (exact) mass is 296 g/mol. The van der Waals surface area contributed by atoms with E-state index in [2.05, 4.69) is 12.2 Å². The summed E-state index contributed by atoms with van der Waals surface area (Å²) in [5.74, 6) is -0.711. The Balaban J connectivity index is 2.56. The van der Waals surface area contributed by atoms with Gasteiger partial charge in [-0.1, -0.05) is 17.7 Å². The summed E-state index contributed by atoms with van der Waals surface area (Å²) in [4.78, 5) is 11.2. The van der Waals surface area contributed by atoms with Crippen molar-refractivity contribution in [3.8, 4) is 0 Å². The Morgan fingerprint density at radius 3 is 2.33 bits per heavy atom.